The first-order valence-electron chi connectivity index (χ1n) is 10.2. The van der Waals surface area contributed by atoms with Crippen LogP contribution in [-0.4, -0.2) is 54.0 Å². The van der Waals surface area contributed by atoms with Crippen molar-refractivity contribution in [3.63, 3.8) is 0 Å². The number of benzene rings is 2. The number of nitrogens with one attached hydrogen (secondary N) is 3. The van der Waals surface area contributed by atoms with Crippen LogP contribution in [0.3, 0.4) is 0 Å². The van der Waals surface area contributed by atoms with Crippen LogP contribution in [0.4, 0.5) is 0 Å². The van der Waals surface area contributed by atoms with Gasteiger partial charge in [-0.25, -0.2) is 4.79 Å². The number of piperazine rings is 1. The van der Waals surface area contributed by atoms with Gasteiger partial charge in [-0.05, 0) is 23.3 Å². The van der Waals surface area contributed by atoms with Crippen molar-refractivity contribution in [2.45, 2.75) is 37.4 Å². The molecule has 3 atom stereocenters. The molecule has 9 heteroatoms. The largest absolute Gasteiger partial charge is 0.497 e. The third kappa shape index (κ3) is 6.07. The third-order valence-electron chi connectivity index (χ3n) is 5.17. The Morgan fingerprint density at radius 1 is 0.969 bits per heavy atom. The molecule has 1 fully saturated rings. The number of carboxylic acids is 1. The predicted octanol–water partition coefficient (Wildman–Crippen LogP) is 0.423. The molecule has 3 amide bonds. The van der Waals surface area contributed by atoms with E-state index in [-0.39, 0.29) is 18.7 Å². The maximum atomic E-state index is 12.4. The van der Waals surface area contributed by atoms with E-state index in [0.717, 1.165) is 5.56 Å². The Kier molecular flexibility index (Phi) is 7.43. The molecule has 9 nitrogen and oxygen atoms in total. The quantitative estimate of drug-likeness (QED) is 0.448. The van der Waals surface area contributed by atoms with Crippen LogP contribution in [0, 0.1) is 0 Å². The lowest BCUT2D eigenvalue weighted by atomic mass is 10.0. The van der Waals surface area contributed by atoms with Crippen LogP contribution in [0.25, 0.3) is 0 Å². The zero-order chi connectivity index (χ0) is 23.1. The summed E-state index contributed by atoms with van der Waals surface area (Å²) in [5.74, 6) is -2.08. The number of carbonyl (C=O) groups is 4. The normalized spacial score (nSPS) is 18.8. The van der Waals surface area contributed by atoms with Gasteiger partial charge in [0.25, 0.3) is 0 Å². The summed E-state index contributed by atoms with van der Waals surface area (Å²) in [5.41, 5.74) is 1.60. The van der Waals surface area contributed by atoms with Gasteiger partial charge in [-0.15, -0.1) is 0 Å². The molecule has 0 saturated carbocycles. The molecule has 2 aromatic rings. The van der Waals surface area contributed by atoms with Crippen LogP contribution in [0.5, 0.6) is 5.75 Å². The second-order valence-electron chi connectivity index (χ2n) is 7.53. The highest BCUT2D eigenvalue weighted by Crippen LogP contribution is 2.13. The summed E-state index contributed by atoms with van der Waals surface area (Å²) < 4.78 is 5.07. The smallest absolute Gasteiger partial charge is 0.326 e. The van der Waals surface area contributed by atoms with Gasteiger partial charge in [0.2, 0.25) is 17.7 Å². The highest BCUT2D eigenvalue weighted by Gasteiger charge is 2.35. The first kappa shape index (κ1) is 22.8. The fraction of sp³-hybridized carbons (Fsp3) is 0.304. The Balaban J connectivity index is 1.55. The van der Waals surface area contributed by atoms with E-state index in [4.69, 9.17) is 4.74 Å². The highest BCUT2D eigenvalue weighted by molar-refractivity contribution is 5.99. The number of hydrogen-bond acceptors (Lipinski definition) is 5. The summed E-state index contributed by atoms with van der Waals surface area (Å²) in [5, 5.41) is 17.1. The van der Waals surface area contributed by atoms with E-state index in [1.807, 2.05) is 30.3 Å². The fourth-order valence-corrected chi connectivity index (χ4v) is 3.45. The van der Waals surface area contributed by atoms with Crippen molar-refractivity contribution in [2.75, 3.05) is 7.11 Å². The van der Waals surface area contributed by atoms with Crippen LogP contribution in [0.1, 0.15) is 17.5 Å². The maximum Gasteiger partial charge on any atom is 0.326 e. The van der Waals surface area contributed by atoms with Crippen molar-refractivity contribution in [1.82, 2.24) is 16.0 Å². The molecule has 0 bridgehead atoms. The molecular formula is C23H25N3O6. The standard InChI is InChI=1S/C23H25N3O6/c1-32-16-9-7-15(8-10-16)12-19(23(30)31)24-20(27)13-18-22(29)25-17(21(28)26-18)11-14-5-3-2-4-6-14/h2-10,17-19H,11-13H2,1H3,(H,24,27)(H,25,29)(H,26,28)(H,30,31)/t17-,18-,19+/m0/s1. The Bertz CT molecular complexity index is 977. The number of methoxy groups -OCH3 is 1. The van der Waals surface area contributed by atoms with Gasteiger partial charge in [-0.3, -0.25) is 14.4 Å². The molecule has 0 radical (unpaired) electrons. The van der Waals surface area contributed by atoms with Gasteiger partial charge in [0.15, 0.2) is 0 Å². The van der Waals surface area contributed by atoms with E-state index in [1.54, 1.807) is 24.3 Å². The Hall–Kier alpha value is -3.88. The van der Waals surface area contributed by atoms with Gasteiger partial charge < -0.3 is 25.8 Å². The molecule has 0 aromatic heterocycles. The summed E-state index contributed by atoms with van der Waals surface area (Å²) in [6, 6.07) is 13.1. The summed E-state index contributed by atoms with van der Waals surface area (Å²) in [4.78, 5) is 48.8. The fourth-order valence-electron chi connectivity index (χ4n) is 3.45. The molecule has 1 aliphatic rings. The van der Waals surface area contributed by atoms with Crippen molar-refractivity contribution < 1.29 is 29.0 Å². The number of hydrogen-bond donors (Lipinski definition) is 4. The van der Waals surface area contributed by atoms with Crippen LogP contribution in [0.2, 0.25) is 0 Å². The molecule has 1 heterocycles. The van der Waals surface area contributed by atoms with E-state index < -0.39 is 35.9 Å². The second kappa shape index (κ2) is 10.4. The molecule has 168 valence electrons. The van der Waals surface area contributed by atoms with Gasteiger partial charge in [-0.2, -0.15) is 0 Å². The van der Waals surface area contributed by atoms with Gasteiger partial charge in [-0.1, -0.05) is 42.5 Å². The van der Waals surface area contributed by atoms with Gasteiger partial charge in [0.05, 0.1) is 13.5 Å². The van der Waals surface area contributed by atoms with Gasteiger partial charge in [0.1, 0.15) is 23.9 Å². The monoisotopic (exact) mass is 439 g/mol. The van der Waals surface area contributed by atoms with E-state index in [2.05, 4.69) is 16.0 Å². The number of carboxylic acid groups (broad SMARTS) is 1. The number of rotatable bonds is 9. The van der Waals surface area contributed by atoms with Crippen molar-refractivity contribution in [2.24, 2.45) is 0 Å². The summed E-state index contributed by atoms with van der Waals surface area (Å²) in [7, 11) is 1.53. The van der Waals surface area contributed by atoms with Crippen LogP contribution < -0.4 is 20.7 Å². The topological polar surface area (TPSA) is 134 Å². The third-order valence-corrected chi connectivity index (χ3v) is 5.17. The summed E-state index contributed by atoms with van der Waals surface area (Å²) >= 11 is 0. The first-order valence-corrected chi connectivity index (χ1v) is 10.2. The lowest BCUT2D eigenvalue weighted by Gasteiger charge is -2.29. The molecule has 4 N–H and O–H groups in total. The van der Waals surface area contributed by atoms with Crippen molar-refractivity contribution in [3.8, 4) is 5.75 Å². The number of aliphatic carboxylic acids is 1. The molecule has 0 spiro atoms. The molecule has 1 aliphatic heterocycles. The summed E-state index contributed by atoms with van der Waals surface area (Å²) in [6.45, 7) is 0. The Labute approximate surface area is 185 Å². The zero-order valence-corrected chi connectivity index (χ0v) is 17.5. The molecule has 32 heavy (non-hydrogen) atoms. The van der Waals surface area contributed by atoms with E-state index in [1.165, 1.54) is 7.11 Å². The SMILES string of the molecule is COc1ccc(C[C@@H](NC(=O)C[C@@H]2NC(=O)[C@H](Cc3ccccc3)NC2=O)C(=O)O)cc1. The van der Waals surface area contributed by atoms with Crippen molar-refractivity contribution in [1.29, 1.82) is 0 Å². The Morgan fingerprint density at radius 3 is 2.22 bits per heavy atom. The van der Waals surface area contributed by atoms with Crippen LogP contribution in [0.15, 0.2) is 54.6 Å². The molecular weight excluding hydrogens is 414 g/mol. The van der Waals surface area contributed by atoms with Gasteiger partial charge in [0, 0.05) is 12.8 Å². The Morgan fingerprint density at radius 2 is 1.59 bits per heavy atom. The predicted molar refractivity (Wildman–Crippen MR) is 115 cm³/mol. The minimum absolute atomic E-state index is 0.0629. The number of ether oxygens (including phenoxy) is 1. The molecule has 0 unspecified atom stereocenters. The molecule has 1 saturated heterocycles. The summed E-state index contributed by atoms with van der Waals surface area (Å²) in [6.07, 6.45) is 0.0374. The zero-order valence-electron chi connectivity index (χ0n) is 17.5. The highest BCUT2D eigenvalue weighted by atomic mass is 16.5. The van der Waals surface area contributed by atoms with Crippen molar-refractivity contribution >= 4 is 23.7 Å². The van der Waals surface area contributed by atoms with E-state index >= 15 is 0 Å². The average molecular weight is 439 g/mol. The van der Waals surface area contributed by atoms with Crippen molar-refractivity contribution in [3.05, 3.63) is 65.7 Å². The van der Waals surface area contributed by atoms with E-state index in [0.29, 0.717) is 17.7 Å². The average Bonchev–Trinajstić information content (AvgIpc) is 2.78. The lowest BCUT2D eigenvalue weighted by molar-refractivity contribution is -0.142. The van der Waals surface area contributed by atoms with Crippen LogP contribution >= 0.6 is 0 Å². The minimum atomic E-state index is -1.20. The maximum absolute atomic E-state index is 12.4. The van der Waals surface area contributed by atoms with Crippen LogP contribution in [-0.2, 0) is 32.0 Å². The second-order valence-corrected chi connectivity index (χ2v) is 7.53. The molecule has 2 aromatic carbocycles. The molecule has 0 aliphatic carbocycles. The van der Waals surface area contributed by atoms with Gasteiger partial charge >= 0.3 is 5.97 Å². The number of carbonyl (C=O) groups excluding carboxylic acids is 3. The van der Waals surface area contributed by atoms with E-state index in [9.17, 15) is 24.3 Å². The molecule has 3 rings (SSSR count). The number of amides is 3. The first-order chi connectivity index (χ1) is 15.4. The lowest BCUT2D eigenvalue weighted by Crippen LogP contribution is -2.63. The minimum Gasteiger partial charge on any atom is -0.497 e.